The molecule has 0 unspecified atom stereocenters. The fourth-order valence-corrected chi connectivity index (χ4v) is 2.94. The first-order valence-corrected chi connectivity index (χ1v) is 7.04. The van der Waals surface area contributed by atoms with Crippen molar-refractivity contribution in [1.29, 1.82) is 0 Å². The van der Waals surface area contributed by atoms with E-state index < -0.39 is 5.97 Å². The largest absolute Gasteiger partial charge is 0.478 e. The van der Waals surface area contributed by atoms with Crippen molar-refractivity contribution in [1.82, 2.24) is 0 Å². The zero-order valence-electron chi connectivity index (χ0n) is 12.1. The molecule has 3 rings (SSSR count). The van der Waals surface area contributed by atoms with Crippen LogP contribution in [0.4, 0.5) is 5.69 Å². The number of hydrogen-bond donors (Lipinski definition) is 2. The van der Waals surface area contributed by atoms with E-state index in [9.17, 15) is 14.7 Å². The Morgan fingerprint density at radius 1 is 1.27 bits per heavy atom. The van der Waals surface area contributed by atoms with Gasteiger partial charge in [0, 0.05) is 22.7 Å². The third-order valence-corrected chi connectivity index (χ3v) is 3.79. The lowest BCUT2D eigenvalue weighted by Gasteiger charge is -2.14. The molecule has 0 fully saturated rings. The minimum atomic E-state index is -1.19. The lowest BCUT2D eigenvalue weighted by atomic mass is 9.92. The molecule has 0 aliphatic carbocycles. The summed E-state index contributed by atoms with van der Waals surface area (Å²) in [6, 6.07) is 6.46. The maximum absolute atomic E-state index is 12.3. The van der Waals surface area contributed by atoms with Gasteiger partial charge in [0.05, 0.1) is 17.2 Å². The number of carbonyl (C=O) groups is 1. The number of nitrogens with two attached hydrogens (primary N) is 1. The van der Waals surface area contributed by atoms with Gasteiger partial charge in [-0.25, -0.2) is 4.79 Å². The summed E-state index contributed by atoms with van der Waals surface area (Å²) < 4.78 is 5.51. The van der Waals surface area contributed by atoms with Gasteiger partial charge in [-0.3, -0.25) is 4.79 Å². The van der Waals surface area contributed by atoms with Crippen molar-refractivity contribution in [2.24, 2.45) is 0 Å². The van der Waals surface area contributed by atoms with Crippen LogP contribution in [0, 0.1) is 0 Å². The van der Waals surface area contributed by atoms with Crippen LogP contribution in [0.3, 0.4) is 0 Å². The molecule has 0 bridgehead atoms. The van der Waals surface area contributed by atoms with Crippen molar-refractivity contribution in [2.45, 2.75) is 19.8 Å². The summed E-state index contributed by atoms with van der Waals surface area (Å²) >= 11 is 0. The van der Waals surface area contributed by atoms with Crippen LogP contribution in [0.5, 0.6) is 0 Å². The van der Waals surface area contributed by atoms with Crippen LogP contribution in [-0.2, 0) is 6.42 Å². The van der Waals surface area contributed by atoms with Gasteiger partial charge in [0.25, 0.3) is 0 Å². The van der Waals surface area contributed by atoms with Gasteiger partial charge in [0.2, 0.25) is 0 Å². The maximum Gasteiger partial charge on any atom is 0.337 e. The molecule has 0 saturated heterocycles. The van der Waals surface area contributed by atoms with E-state index in [1.54, 1.807) is 12.1 Å². The first-order valence-electron chi connectivity index (χ1n) is 7.04. The van der Waals surface area contributed by atoms with Gasteiger partial charge in [-0.1, -0.05) is 25.5 Å². The van der Waals surface area contributed by atoms with Crippen LogP contribution in [0.25, 0.3) is 21.7 Å². The summed E-state index contributed by atoms with van der Waals surface area (Å²) in [6.45, 7) is 2.01. The van der Waals surface area contributed by atoms with Gasteiger partial charge in [-0.15, -0.1) is 0 Å². The van der Waals surface area contributed by atoms with E-state index in [1.807, 2.05) is 13.0 Å². The molecule has 22 heavy (non-hydrogen) atoms. The smallest absolute Gasteiger partial charge is 0.337 e. The highest BCUT2D eigenvalue weighted by molar-refractivity contribution is 6.19. The average molecular weight is 297 g/mol. The molecule has 2 aromatic carbocycles. The van der Waals surface area contributed by atoms with Gasteiger partial charge in [0.1, 0.15) is 5.58 Å². The number of carboxylic acid groups (broad SMARTS) is 1. The van der Waals surface area contributed by atoms with Crippen molar-refractivity contribution in [3.63, 3.8) is 0 Å². The molecule has 5 heteroatoms. The Hall–Kier alpha value is -2.82. The second-order valence-corrected chi connectivity index (χ2v) is 5.17. The van der Waals surface area contributed by atoms with Crippen molar-refractivity contribution in [3.8, 4) is 0 Å². The SMILES string of the molecule is CCCc1c2cccc(N)c2c(C(=O)O)c2c(=O)ccoc12. The number of nitrogen functional groups attached to an aromatic ring is 1. The standard InChI is InChI=1S/C17H15NO4/c1-2-4-10-9-5-3-6-11(18)13(9)15(17(20)21)14-12(19)7-8-22-16(10)14/h3,5-8H,2,4,18H2,1H3,(H,20,21). The number of aromatic carboxylic acids is 1. The molecule has 0 radical (unpaired) electrons. The van der Waals surface area contributed by atoms with Crippen molar-refractivity contribution < 1.29 is 14.3 Å². The zero-order valence-corrected chi connectivity index (χ0v) is 12.1. The van der Waals surface area contributed by atoms with Crippen molar-refractivity contribution in [3.05, 3.63) is 51.9 Å². The minimum absolute atomic E-state index is 0.0858. The third-order valence-electron chi connectivity index (χ3n) is 3.79. The molecule has 3 aromatic rings. The van der Waals surface area contributed by atoms with Gasteiger partial charge in [-0.05, 0) is 17.9 Å². The Labute approximate surface area is 126 Å². The molecule has 1 aromatic heterocycles. The number of carboxylic acids is 1. The molecule has 112 valence electrons. The fraction of sp³-hybridized carbons (Fsp3) is 0.176. The number of aryl methyl sites for hydroxylation is 1. The molecule has 0 aliphatic heterocycles. The Morgan fingerprint density at radius 2 is 2.05 bits per heavy atom. The van der Waals surface area contributed by atoms with E-state index in [0.29, 0.717) is 23.1 Å². The maximum atomic E-state index is 12.3. The van der Waals surface area contributed by atoms with E-state index in [0.717, 1.165) is 17.4 Å². The number of hydrogen-bond acceptors (Lipinski definition) is 4. The second-order valence-electron chi connectivity index (χ2n) is 5.17. The Kier molecular flexibility index (Phi) is 3.33. The van der Waals surface area contributed by atoms with E-state index in [2.05, 4.69) is 0 Å². The lowest BCUT2D eigenvalue weighted by molar-refractivity contribution is 0.0701. The summed E-state index contributed by atoms with van der Waals surface area (Å²) in [4.78, 5) is 24.0. The number of anilines is 1. The molecule has 0 amide bonds. The Bertz CT molecular complexity index is 956. The van der Waals surface area contributed by atoms with Gasteiger partial charge in [0.15, 0.2) is 5.43 Å². The average Bonchev–Trinajstić information content (AvgIpc) is 2.48. The Balaban J connectivity index is 2.71. The topological polar surface area (TPSA) is 93.5 Å². The third kappa shape index (κ3) is 1.94. The number of benzene rings is 2. The molecule has 0 atom stereocenters. The summed E-state index contributed by atoms with van der Waals surface area (Å²) in [5.74, 6) is -1.19. The van der Waals surface area contributed by atoms with E-state index in [1.165, 1.54) is 12.3 Å². The number of rotatable bonds is 3. The molecule has 0 spiro atoms. The minimum Gasteiger partial charge on any atom is -0.478 e. The molecule has 5 nitrogen and oxygen atoms in total. The molecular weight excluding hydrogens is 282 g/mol. The quantitative estimate of drug-likeness (QED) is 0.572. The lowest BCUT2D eigenvalue weighted by Crippen LogP contribution is -2.11. The number of fused-ring (bicyclic) bond motifs is 2. The van der Waals surface area contributed by atoms with E-state index in [-0.39, 0.29) is 16.4 Å². The molecule has 3 N–H and O–H groups in total. The Morgan fingerprint density at radius 3 is 2.73 bits per heavy atom. The van der Waals surface area contributed by atoms with Crippen LogP contribution in [-0.4, -0.2) is 11.1 Å². The molecule has 0 aliphatic rings. The van der Waals surface area contributed by atoms with Crippen molar-refractivity contribution >= 4 is 33.4 Å². The monoisotopic (exact) mass is 297 g/mol. The van der Waals surface area contributed by atoms with Crippen LogP contribution in [0.1, 0.15) is 29.3 Å². The van der Waals surface area contributed by atoms with Crippen LogP contribution in [0.2, 0.25) is 0 Å². The predicted molar refractivity (Wildman–Crippen MR) is 85.4 cm³/mol. The normalized spacial score (nSPS) is 11.1. The van der Waals surface area contributed by atoms with Gasteiger partial charge < -0.3 is 15.3 Å². The molecule has 1 heterocycles. The van der Waals surface area contributed by atoms with Crippen LogP contribution < -0.4 is 11.2 Å². The van der Waals surface area contributed by atoms with E-state index >= 15 is 0 Å². The van der Waals surface area contributed by atoms with Crippen molar-refractivity contribution in [2.75, 3.05) is 5.73 Å². The predicted octanol–water partition coefficient (Wildman–Crippen LogP) is 3.18. The highest BCUT2D eigenvalue weighted by Crippen LogP contribution is 2.35. The van der Waals surface area contributed by atoms with Gasteiger partial charge in [-0.2, -0.15) is 0 Å². The fourth-order valence-electron chi connectivity index (χ4n) is 2.94. The molecular formula is C17H15NO4. The first kappa shape index (κ1) is 14.1. The highest BCUT2D eigenvalue weighted by Gasteiger charge is 2.22. The van der Waals surface area contributed by atoms with E-state index in [4.69, 9.17) is 10.2 Å². The van der Waals surface area contributed by atoms with Gasteiger partial charge >= 0.3 is 5.97 Å². The summed E-state index contributed by atoms with van der Waals surface area (Å²) in [6.07, 6.45) is 2.81. The summed E-state index contributed by atoms with van der Waals surface area (Å²) in [5.41, 5.74) is 7.05. The summed E-state index contributed by atoms with van der Waals surface area (Å²) in [7, 11) is 0. The molecule has 0 saturated carbocycles. The highest BCUT2D eigenvalue weighted by atomic mass is 16.4. The van der Waals surface area contributed by atoms with Crippen LogP contribution in [0.15, 0.2) is 39.7 Å². The zero-order chi connectivity index (χ0) is 15.9. The second kappa shape index (κ2) is 5.18. The first-order chi connectivity index (χ1) is 10.6. The summed E-state index contributed by atoms with van der Waals surface area (Å²) in [5, 5.41) is 10.8. The van der Waals surface area contributed by atoms with Crippen LogP contribution >= 0.6 is 0 Å².